The molecule has 2 saturated heterocycles. The second-order valence-corrected chi connectivity index (χ2v) is 12.5. The van der Waals surface area contributed by atoms with Crippen LogP contribution in [-0.2, 0) is 33.8 Å². The molecule has 1 N–H and O–H groups in total. The molecule has 2 aliphatic heterocycles. The van der Waals surface area contributed by atoms with Gasteiger partial charge in [0.25, 0.3) is 0 Å². The van der Waals surface area contributed by atoms with E-state index in [9.17, 15) is 23.9 Å². The van der Waals surface area contributed by atoms with E-state index in [1.807, 2.05) is 12.1 Å². The van der Waals surface area contributed by atoms with E-state index >= 15 is 0 Å². The fourth-order valence-corrected chi connectivity index (χ4v) is 7.31. The third-order valence-electron chi connectivity index (χ3n) is 8.76. The maximum atomic E-state index is 14.5. The number of carbonyl (C=O) groups is 3. The van der Waals surface area contributed by atoms with Crippen LogP contribution in [0.15, 0.2) is 72.8 Å². The second kappa shape index (κ2) is 14.0. The van der Waals surface area contributed by atoms with E-state index in [0.29, 0.717) is 33.7 Å². The normalized spacial score (nSPS) is 18.3. The van der Waals surface area contributed by atoms with Crippen molar-refractivity contribution in [2.45, 2.75) is 38.0 Å². The number of piperazine rings is 1. The number of rotatable bonds is 11. The highest BCUT2D eigenvalue weighted by molar-refractivity contribution is 7.16. The van der Waals surface area contributed by atoms with Crippen LogP contribution in [0.1, 0.15) is 23.1 Å². The van der Waals surface area contributed by atoms with E-state index in [1.54, 1.807) is 65.0 Å². The fourth-order valence-electron chi connectivity index (χ4n) is 6.57. The van der Waals surface area contributed by atoms with E-state index in [2.05, 4.69) is 11.6 Å². The number of hydrogen-bond acceptors (Lipinski definition) is 9. The van der Waals surface area contributed by atoms with Crippen LogP contribution in [0.5, 0.6) is 17.2 Å². The first-order valence-electron chi connectivity index (χ1n) is 15.5. The van der Waals surface area contributed by atoms with Gasteiger partial charge in [0.15, 0.2) is 11.5 Å². The van der Waals surface area contributed by atoms with Gasteiger partial charge in [-0.2, -0.15) is 0 Å². The van der Waals surface area contributed by atoms with Gasteiger partial charge in [-0.3, -0.25) is 14.4 Å². The van der Waals surface area contributed by atoms with Gasteiger partial charge in [-0.15, -0.1) is 17.9 Å². The lowest BCUT2D eigenvalue weighted by molar-refractivity contribution is -0.205. The summed E-state index contributed by atoms with van der Waals surface area (Å²) in [5.41, 5.74) is 4.22. The number of hydrazine groups is 1. The average molecular weight is 674 g/mol. The predicted octanol–water partition coefficient (Wildman–Crippen LogP) is 4.14. The van der Waals surface area contributed by atoms with E-state index < -0.39 is 12.2 Å². The van der Waals surface area contributed by atoms with Crippen molar-refractivity contribution in [2.24, 2.45) is 0 Å². The first-order chi connectivity index (χ1) is 23.2. The van der Waals surface area contributed by atoms with Gasteiger partial charge in [-0.25, -0.2) is 19.4 Å². The number of aromatic nitrogens is 1. The number of fused-ring (bicyclic) bond motifs is 2. The summed E-state index contributed by atoms with van der Waals surface area (Å²) in [6.07, 6.45) is 1.40. The molecule has 0 radical (unpaired) electrons. The van der Waals surface area contributed by atoms with Crippen molar-refractivity contribution >= 4 is 39.3 Å². The number of phenols is 1. The fraction of sp³-hybridized carbons (Fsp3) is 0.314. The molecular formula is C35H36FN5O6S. The lowest BCUT2D eigenvalue weighted by Crippen LogP contribution is -2.75. The summed E-state index contributed by atoms with van der Waals surface area (Å²) in [5, 5.41) is 13.1. The van der Waals surface area contributed by atoms with Gasteiger partial charge in [0, 0.05) is 25.9 Å². The molecule has 0 bridgehead atoms. The van der Waals surface area contributed by atoms with Crippen LogP contribution >= 0.6 is 11.3 Å². The van der Waals surface area contributed by atoms with Gasteiger partial charge in [-0.1, -0.05) is 36.4 Å². The average Bonchev–Trinajstić information content (AvgIpc) is 3.59. The number of aromatic hydroxyl groups is 1. The number of carbonyl (C=O) groups excluding carboxylic acids is 3. The number of phenolic OH excluding ortho intramolecular Hbond substituents is 1. The summed E-state index contributed by atoms with van der Waals surface area (Å²) < 4.78 is 26.0. The Hall–Kier alpha value is -5.01. The summed E-state index contributed by atoms with van der Waals surface area (Å²) in [4.78, 5) is 49.9. The van der Waals surface area contributed by atoms with Crippen molar-refractivity contribution in [3.05, 3.63) is 95.3 Å². The Morgan fingerprint density at radius 2 is 1.90 bits per heavy atom. The monoisotopic (exact) mass is 673 g/mol. The van der Waals surface area contributed by atoms with E-state index in [0.717, 1.165) is 11.1 Å². The minimum absolute atomic E-state index is 0.0293. The van der Waals surface area contributed by atoms with Crippen molar-refractivity contribution < 1.29 is 33.4 Å². The second-order valence-electron chi connectivity index (χ2n) is 11.7. The summed E-state index contributed by atoms with van der Waals surface area (Å²) in [6.45, 7) is 4.10. The number of amides is 3. The lowest BCUT2D eigenvalue weighted by atomic mass is 9.98. The topological polar surface area (TPSA) is 116 Å². The zero-order valence-corrected chi connectivity index (χ0v) is 27.5. The van der Waals surface area contributed by atoms with Crippen molar-refractivity contribution in [3.63, 3.8) is 0 Å². The molecule has 250 valence electrons. The number of halogens is 1. The Morgan fingerprint density at radius 1 is 1.10 bits per heavy atom. The zero-order valence-electron chi connectivity index (χ0n) is 26.7. The molecule has 2 atom stereocenters. The molecule has 2 aliphatic rings. The molecular weight excluding hydrogens is 637 g/mol. The number of thiazole rings is 1. The molecule has 48 heavy (non-hydrogen) atoms. The molecule has 11 nitrogen and oxygen atoms in total. The van der Waals surface area contributed by atoms with Crippen LogP contribution in [0.2, 0.25) is 0 Å². The highest BCUT2D eigenvalue weighted by atomic mass is 32.1. The standard InChI is InChI=1S/C35H36FN5O6S/c1-4-16-39-20-31(44)40-27(17-22-8-12-25(42)13-9-22)35(45)38(18-24-10-14-26(36)34-32(24)37-21-48-34)19-29(40)41(39)30(43)15-11-23-6-5-7-28(46-2)33(23)47-3/h4-10,12-14,21,27,29,42H,1,11,15-20H2,2-3H3/t27-,29-/m0/s1. The van der Waals surface area contributed by atoms with Crippen molar-refractivity contribution in [2.75, 3.05) is 33.9 Å². The first-order valence-corrected chi connectivity index (χ1v) is 16.4. The molecule has 1 aromatic heterocycles. The Labute approximate surface area is 281 Å². The number of ether oxygens (including phenoxy) is 2. The molecule has 0 saturated carbocycles. The molecule has 3 heterocycles. The van der Waals surface area contributed by atoms with Crippen LogP contribution in [0.25, 0.3) is 10.2 Å². The molecule has 3 amide bonds. The quantitative estimate of drug-likeness (QED) is 0.236. The highest BCUT2D eigenvalue weighted by Gasteiger charge is 2.51. The predicted molar refractivity (Wildman–Crippen MR) is 178 cm³/mol. The van der Waals surface area contributed by atoms with Gasteiger partial charge in [0.1, 0.15) is 23.8 Å². The Bertz CT molecular complexity index is 1850. The van der Waals surface area contributed by atoms with E-state index in [4.69, 9.17) is 9.47 Å². The lowest BCUT2D eigenvalue weighted by Gasteiger charge is -2.55. The number of methoxy groups -OCH3 is 2. The molecule has 13 heteroatoms. The highest BCUT2D eigenvalue weighted by Crippen LogP contribution is 2.34. The van der Waals surface area contributed by atoms with Crippen molar-refractivity contribution in [1.82, 2.24) is 24.8 Å². The maximum absolute atomic E-state index is 14.5. The third kappa shape index (κ3) is 6.30. The Morgan fingerprint density at radius 3 is 2.62 bits per heavy atom. The minimum Gasteiger partial charge on any atom is -0.508 e. The number of aryl methyl sites for hydroxylation is 1. The van der Waals surface area contributed by atoms with E-state index in [1.165, 1.54) is 34.4 Å². The first kappa shape index (κ1) is 32.9. The van der Waals surface area contributed by atoms with Gasteiger partial charge < -0.3 is 24.4 Å². The molecule has 4 aromatic rings. The molecule has 0 aliphatic carbocycles. The molecule has 2 fully saturated rings. The van der Waals surface area contributed by atoms with E-state index in [-0.39, 0.29) is 68.3 Å². The molecule has 0 unspecified atom stereocenters. The largest absolute Gasteiger partial charge is 0.508 e. The van der Waals surface area contributed by atoms with Crippen LogP contribution in [-0.4, -0.2) is 93.7 Å². The van der Waals surface area contributed by atoms with Gasteiger partial charge >= 0.3 is 0 Å². The van der Waals surface area contributed by atoms with Crippen LogP contribution < -0.4 is 9.47 Å². The maximum Gasteiger partial charge on any atom is 0.246 e. The Balaban J connectivity index is 1.36. The van der Waals surface area contributed by atoms with Gasteiger partial charge in [-0.05, 0) is 47.4 Å². The molecule has 6 rings (SSSR count). The van der Waals surface area contributed by atoms with Crippen molar-refractivity contribution in [3.8, 4) is 17.2 Å². The third-order valence-corrected chi connectivity index (χ3v) is 9.60. The number of para-hydroxylation sites is 1. The van der Waals surface area contributed by atoms with Gasteiger partial charge in [0.2, 0.25) is 17.7 Å². The molecule has 0 spiro atoms. The SMILES string of the molecule is C=CCN1CC(=O)N2[C@@H](Cc3ccc(O)cc3)C(=O)N(Cc3ccc(F)c4scnc34)C[C@@H]2N1C(=O)CCc1cccc(OC)c1OC. The van der Waals surface area contributed by atoms with Crippen LogP contribution in [0, 0.1) is 5.82 Å². The summed E-state index contributed by atoms with van der Waals surface area (Å²) in [6, 6.07) is 14.0. The number of nitrogens with zero attached hydrogens (tertiary/aromatic N) is 5. The van der Waals surface area contributed by atoms with Crippen LogP contribution in [0.4, 0.5) is 4.39 Å². The summed E-state index contributed by atoms with van der Waals surface area (Å²) in [7, 11) is 3.10. The van der Waals surface area contributed by atoms with Crippen molar-refractivity contribution in [1.29, 1.82) is 0 Å². The number of benzene rings is 3. The molecule has 3 aromatic carbocycles. The zero-order chi connectivity index (χ0) is 33.9. The smallest absolute Gasteiger partial charge is 0.246 e. The van der Waals surface area contributed by atoms with Crippen LogP contribution in [0.3, 0.4) is 0 Å². The summed E-state index contributed by atoms with van der Waals surface area (Å²) >= 11 is 1.18. The summed E-state index contributed by atoms with van der Waals surface area (Å²) in [5.74, 6) is -0.0472. The van der Waals surface area contributed by atoms with Gasteiger partial charge in [0.05, 0.1) is 43.0 Å². The Kier molecular flexibility index (Phi) is 9.60. The number of hydrogen-bond donors (Lipinski definition) is 1. The minimum atomic E-state index is -0.938.